The highest BCUT2D eigenvalue weighted by Gasteiger charge is 2.21. The summed E-state index contributed by atoms with van der Waals surface area (Å²) in [6.07, 6.45) is -0.976. The number of carbonyl (C=O) groups excluding carboxylic acids is 1. The van der Waals surface area contributed by atoms with Crippen molar-refractivity contribution in [3.63, 3.8) is 0 Å². The molecule has 1 N–H and O–H groups in total. The van der Waals surface area contributed by atoms with Gasteiger partial charge in [0.2, 0.25) is 0 Å². The molecule has 4 heteroatoms. The third-order valence-corrected chi connectivity index (χ3v) is 3.68. The Labute approximate surface area is 131 Å². The lowest BCUT2D eigenvalue weighted by Crippen LogP contribution is -2.14. The molecule has 2 aromatic rings. The van der Waals surface area contributed by atoms with E-state index in [2.05, 4.69) is 0 Å². The van der Waals surface area contributed by atoms with Crippen LogP contribution in [0, 0.1) is 0 Å². The van der Waals surface area contributed by atoms with Gasteiger partial charge in [-0.2, -0.15) is 0 Å². The summed E-state index contributed by atoms with van der Waals surface area (Å²) in [6.45, 7) is 2.03. The van der Waals surface area contributed by atoms with Crippen LogP contribution in [0.25, 0.3) is 10.8 Å². The highest BCUT2D eigenvalue weighted by molar-refractivity contribution is 14.1. The molecule has 0 aliphatic carbocycles. The summed E-state index contributed by atoms with van der Waals surface area (Å²) in [5.41, 5.74) is 0.933. The molecule has 2 rings (SSSR count). The molecular formula is C16H15IO3. The molecule has 104 valence electrons. The summed E-state index contributed by atoms with van der Waals surface area (Å²) in [6, 6.07) is 13.5. The van der Waals surface area contributed by atoms with Crippen molar-refractivity contribution in [1.29, 1.82) is 0 Å². The second-order valence-electron chi connectivity index (χ2n) is 4.29. The molecule has 0 saturated heterocycles. The van der Waals surface area contributed by atoms with Crippen LogP contribution in [0.4, 0.5) is 0 Å². The van der Waals surface area contributed by atoms with Crippen molar-refractivity contribution in [2.24, 2.45) is 0 Å². The van der Waals surface area contributed by atoms with Crippen LogP contribution in [0.1, 0.15) is 18.6 Å². The molecule has 20 heavy (non-hydrogen) atoms. The van der Waals surface area contributed by atoms with Gasteiger partial charge in [-0.05, 0) is 33.4 Å². The topological polar surface area (TPSA) is 46.5 Å². The smallest absolute Gasteiger partial charge is 0.337 e. The van der Waals surface area contributed by atoms with Crippen LogP contribution in [-0.2, 0) is 9.53 Å². The van der Waals surface area contributed by atoms with Gasteiger partial charge in [-0.25, -0.2) is 4.79 Å². The summed E-state index contributed by atoms with van der Waals surface area (Å²) in [5, 5.41) is 12.5. The van der Waals surface area contributed by atoms with Crippen molar-refractivity contribution < 1.29 is 14.6 Å². The van der Waals surface area contributed by atoms with Gasteiger partial charge < -0.3 is 9.84 Å². The molecular weight excluding hydrogens is 367 g/mol. The normalized spacial score (nSPS) is 13.2. The zero-order chi connectivity index (χ0) is 14.5. The zero-order valence-electron chi connectivity index (χ0n) is 11.0. The number of esters is 1. The lowest BCUT2D eigenvalue weighted by atomic mass is 9.99. The van der Waals surface area contributed by atoms with Gasteiger partial charge in [0, 0.05) is 0 Å². The number of aliphatic hydroxyl groups excluding tert-OH is 1. The van der Waals surface area contributed by atoms with Crippen molar-refractivity contribution >= 4 is 39.3 Å². The summed E-state index contributed by atoms with van der Waals surface area (Å²) in [4.78, 5) is 11.8. The zero-order valence-corrected chi connectivity index (χ0v) is 13.2. The van der Waals surface area contributed by atoms with E-state index in [9.17, 15) is 9.90 Å². The lowest BCUT2D eigenvalue weighted by molar-refractivity contribution is -0.139. The third-order valence-electron chi connectivity index (χ3n) is 3.01. The quantitative estimate of drug-likeness (QED) is 0.498. The van der Waals surface area contributed by atoms with Gasteiger partial charge in [-0.15, -0.1) is 0 Å². The predicted octanol–water partition coefficient (Wildman–Crippen LogP) is 3.76. The Balaban J connectivity index is 2.34. The molecule has 1 unspecified atom stereocenters. The monoisotopic (exact) mass is 382 g/mol. The SMILES string of the molecule is CCOC(=O)/C(=C\I)C(O)c1ccc2ccccc2c1. The van der Waals surface area contributed by atoms with Crippen LogP contribution < -0.4 is 0 Å². The van der Waals surface area contributed by atoms with Crippen molar-refractivity contribution in [2.45, 2.75) is 13.0 Å². The van der Waals surface area contributed by atoms with E-state index < -0.39 is 12.1 Å². The fraction of sp³-hybridized carbons (Fsp3) is 0.188. The molecule has 1 atom stereocenters. The number of aliphatic hydroxyl groups is 1. The summed E-state index contributed by atoms with van der Waals surface area (Å²) < 4.78 is 6.52. The Morgan fingerprint density at radius 2 is 2.00 bits per heavy atom. The second-order valence-corrected chi connectivity index (χ2v) is 4.92. The Morgan fingerprint density at radius 1 is 1.30 bits per heavy atom. The van der Waals surface area contributed by atoms with Crippen molar-refractivity contribution in [3.8, 4) is 0 Å². The number of ether oxygens (including phenoxy) is 1. The number of benzene rings is 2. The maximum atomic E-state index is 11.8. The highest BCUT2D eigenvalue weighted by atomic mass is 127. The van der Waals surface area contributed by atoms with Gasteiger partial charge in [0.25, 0.3) is 0 Å². The first-order valence-corrected chi connectivity index (χ1v) is 7.56. The first kappa shape index (κ1) is 15.0. The number of fused-ring (bicyclic) bond motifs is 1. The fourth-order valence-electron chi connectivity index (χ4n) is 1.99. The molecule has 0 fully saturated rings. The maximum absolute atomic E-state index is 11.8. The fourth-order valence-corrected chi connectivity index (χ4v) is 2.58. The minimum Gasteiger partial charge on any atom is -0.463 e. The van der Waals surface area contributed by atoms with E-state index in [0.717, 1.165) is 10.8 Å². The van der Waals surface area contributed by atoms with Gasteiger partial charge in [0.1, 0.15) is 6.10 Å². The van der Waals surface area contributed by atoms with Crippen LogP contribution in [0.2, 0.25) is 0 Å². The molecule has 2 aromatic carbocycles. The van der Waals surface area contributed by atoms with Gasteiger partial charge >= 0.3 is 5.97 Å². The van der Waals surface area contributed by atoms with Crippen LogP contribution >= 0.6 is 22.6 Å². The largest absolute Gasteiger partial charge is 0.463 e. The summed E-state index contributed by atoms with van der Waals surface area (Å²) in [5.74, 6) is -0.484. The minimum atomic E-state index is -0.976. The molecule has 3 nitrogen and oxygen atoms in total. The van der Waals surface area contributed by atoms with E-state index in [1.165, 1.54) is 0 Å². The number of hydrogen-bond donors (Lipinski definition) is 1. The van der Waals surface area contributed by atoms with Crippen LogP contribution in [0.5, 0.6) is 0 Å². The van der Waals surface area contributed by atoms with E-state index in [4.69, 9.17) is 4.74 Å². The Bertz CT molecular complexity index is 649. The van der Waals surface area contributed by atoms with E-state index in [1.807, 2.05) is 65.1 Å². The maximum Gasteiger partial charge on any atom is 0.337 e. The lowest BCUT2D eigenvalue weighted by Gasteiger charge is -2.14. The van der Waals surface area contributed by atoms with Crippen LogP contribution in [0.3, 0.4) is 0 Å². The minimum absolute atomic E-state index is 0.253. The highest BCUT2D eigenvalue weighted by Crippen LogP contribution is 2.26. The van der Waals surface area contributed by atoms with E-state index >= 15 is 0 Å². The molecule has 0 aliphatic heterocycles. The van der Waals surface area contributed by atoms with Crippen molar-refractivity contribution in [1.82, 2.24) is 0 Å². The summed E-state index contributed by atoms with van der Waals surface area (Å²) in [7, 11) is 0. The Morgan fingerprint density at radius 3 is 2.65 bits per heavy atom. The van der Waals surface area contributed by atoms with Gasteiger partial charge in [0.15, 0.2) is 0 Å². The van der Waals surface area contributed by atoms with Gasteiger partial charge in [-0.3, -0.25) is 0 Å². The van der Waals surface area contributed by atoms with E-state index in [1.54, 1.807) is 11.0 Å². The van der Waals surface area contributed by atoms with E-state index in [0.29, 0.717) is 5.56 Å². The molecule has 0 aromatic heterocycles. The molecule has 0 spiro atoms. The number of hydrogen-bond acceptors (Lipinski definition) is 3. The average molecular weight is 382 g/mol. The van der Waals surface area contributed by atoms with Crippen molar-refractivity contribution in [3.05, 3.63) is 57.7 Å². The first-order valence-electron chi connectivity index (χ1n) is 6.31. The van der Waals surface area contributed by atoms with Crippen molar-refractivity contribution in [2.75, 3.05) is 6.61 Å². The molecule has 0 heterocycles. The standard InChI is InChI=1S/C16H15IO3/c1-2-20-16(19)14(10-17)15(18)13-8-7-11-5-3-4-6-12(11)9-13/h3-10,15,18H,2H2,1H3/b14-10-. The van der Waals surface area contributed by atoms with Gasteiger partial charge in [-0.1, -0.05) is 59.0 Å². The van der Waals surface area contributed by atoms with Crippen LogP contribution in [0.15, 0.2) is 52.1 Å². The van der Waals surface area contributed by atoms with E-state index in [-0.39, 0.29) is 12.2 Å². The predicted molar refractivity (Wildman–Crippen MR) is 87.6 cm³/mol. The Kier molecular flexibility index (Phi) is 5.14. The summed E-state index contributed by atoms with van der Waals surface area (Å²) >= 11 is 1.94. The second kappa shape index (κ2) is 6.85. The number of rotatable bonds is 4. The van der Waals surface area contributed by atoms with Gasteiger partial charge in [0.05, 0.1) is 12.2 Å². The number of carbonyl (C=O) groups is 1. The molecule has 0 amide bonds. The third kappa shape index (κ3) is 3.19. The van der Waals surface area contributed by atoms with Crippen LogP contribution in [-0.4, -0.2) is 17.7 Å². The first-order chi connectivity index (χ1) is 9.67. The Hall–Kier alpha value is -1.40. The molecule has 0 radical (unpaired) electrons. The molecule has 0 bridgehead atoms. The molecule has 0 aliphatic rings. The number of halogens is 1. The average Bonchev–Trinajstić information content (AvgIpc) is 2.47. The molecule has 0 saturated carbocycles.